The fraction of sp³-hybridized carbons (Fsp3) is 0.611. The van der Waals surface area contributed by atoms with Crippen LogP contribution in [0.4, 0.5) is 0 Å². The molecule has 0 radical (unpaired) electrons. The van der Waals surface area contributed by atoms with Crippen molar-refractivity contribution in [1.29, 1.82) is 0 Å². The number of aryl methyl sites for hydroxylation is 1. The highest BCUT2D eigenvalue weighted by Crippen LogP contribution is 2.31. The molecule has 0 bridgehead atoms. The Bertz CT molecular complexity index is 548. The largest absolute Gasteiger partial charge is 0.493 e. The molecule has 1 amide bonds. The van der Waals surface area contributed by atoms with Gasteiger partial charge in [0.05, 0.1) is 14.2 Å². The van der Waals surface area contributed by atoms with Crippen LogP contribution in [-0.2, 0) is 16.0 Å². The zero-order valence-electron chi connectivity index (χ0n) is 13.9. The number of carbonyl (C=O) groups excluding carboxylic acids is 1. The van der Waals surface area contributed by atoms with Crippen molar-refractivity contribution in [3.05, 3.63) is 23.8 Å². The summed E-state index contributed by atoms with van der Waals surface area (Å²) in [6.45, 7) is 3.56. The molecule has 5 nitrogen and oxygen atoms in total. The highest BCUT2D eigenvalue weighted by Gasteiger charge is 2.37. The minimum atomic E-state index is 0.245. The van der Waals surface area contributed by atoms with Crippen molar-refractivity contribution >= 4 is 5.91 Å². The van der Waals surface area contributed by atoms with Gasteiger partial charge in [-0.25, -0.2) is 0 Å². The summed E-state index contributed by atoms with van der Waals surface area (Å²) in [7, 11) is 3.25. The van der Waals surface area contributed by atoms with Crippen LogP contribution in [0.2, 0.25) is 0 Å². The summed E-state index contributed by atoms with van der Waals surface area (Å²) < 4.78 is 16.0. The van der Waals surface area contributed by atoms with Crippen LogP contribution in [0.1, 0.15) is 18.4 Å². The maximum Gasteiger partial charge on any atom is 0.222 e. The van der Waals surface area contributed by atoms with E-state index in [2.05, 4.69) is 0 Å². The first-order valence-electron chi connectivity index (χ1n) is 8.27. The summed E-state index contributed by atoms with van der Waals surface area (Å²) in [5, 5.41) is 0. The van der Waals surface area contributed by atoms with Crippen LogP contribution in [-0.4, -0.2) is 51.3 Å². The van der Waals surface area contributed by atoms with E-state index < -0.39 is 0 Å². The number of hydrogen-bond acceptors (Lipinski definition) is 4. The molecule has 3 rings (SSSR count). The Morgan fingerprint density at radius 1 is 1.22 bits per heavy atom. The maximum absolute atomic E-state index is 12.3. The predicted molar refractivity (Wildman–Crippen MR) is 86.9 cm³/mol. The van der Waals surface area contributed by atoms with E-state index in [1.54, 1.807) is 14.2 Å². The van der Waals surface area contributed by atoms with Crippen LogP contribution in [0.5, 0.6) is 11.5 Å². The van der Waals surface area contributed by atoms with E-state index in [1.165, 1.54) is 0 Å². The molecule has 2 saturated heterocycles. The van der Waals surface area contributed by atoms with Gasteiger partial charge in [0.2, 0.25) is 5.91 Å². The molecule has 0 spiro atoms. The lowest BCUT2D eigenvalue weighted by molar-refractivity contribution is -0.138. The second-order valence-corrected chi connectivity index (χ2v) is 6.37. The Morgan fingerprint density at radius 2 is 2.00 bits per heavy atom. The first-order valence-corrected chi connectivity index (χ1v) is 8.27. The Balaban J connectivity index is 1.46. The molecule has 0 N–H and O–H groups in total. The molecule has 5 heteroatoms. The standard InChI is InChI=1S/C18H25NO4/c1-21-16-5-3-13(9-17(16)22-2)4-6-18(20)19-10-15(11-19)14-7-8-23-12-14/h3,5,9,14-15H,4,6-8,10-12H2,1-2H3. The first-order chi connectivity index (χ1) is 11.2. The molecule has 1 unspecified atom stereocenters. The lowest BCUT2D eigenvalue weighted by Gasteiger charge is -2.42. The lowest BCUT2D eigenvalue weighted by Crippen LogP contribution is -2.52. The van der Waals surface area contributed by atoms with E-state index >= 15 is 0 Å². The minimum absolute atomic E-state index is 0.245. The van der Waals surface area contributed by atoms with E-state index in [0.717, 1.165) is 44.7 Å². The van der Waals surface area contributed by atoms with Gasteiger partial charge in [0.1, 0.15) is 0 Å². The van der Waals surface area contributed by atoms with E-state index in [1.807, 2.05) is 23.1 Å². The van der Waals surface area contributed by atoms with E-state index in [-0.39, 0.29) is 5.91 Å². The Labute approximate surface area is 137 Å². The summed E-state index contributed by atoms with van der Waals surface area (Å²) in [5.41, 5.74) is 1.09. The molecule has 0 saturated carbocycles. The molecule has 1 atom stereocenters. The third-order valence-electron chi connectivity index (χ3n) is 4.97. The number of carbonyl (C=O) groups is 1. The Hall–Kier alpha value is -1.75. The number of ether oxygens (including phenoxy) is 3. The molecular formula is C18H25NO4. The van der Waals surface area contributed by atoms with Crippen LogP contribution >= 0.6 is 0 Å². The zero-order valence-corrected chi connectivity index (χ0v) is 13.9. The van der Waals surface area contributed by atoms with Gasteiger partial charge < -0.3 is 19.1 Å². The number of rotatable bonds is 6. The van der Waals surface area contributed by atoms with Crippen molar-refractivity contribution in [3.63, 3.8) is 0 Å². The second-order valence-electron chi connectivity index (χ2n) is 6.37. The van der Waals surface area contributed by atoms with E-state index in [9.17, 15) is 4.79 Å². The highest BCUT2D eigenvalue weighted by molar-refractivity contribution is 5.77. The van der Waals surface area contributed by atoms with Crippen molar-refractivity contribution in [2.24, 2.45) is 11.8 Å². The van der Waals surface area contributed by atoms with Gasteiger partial charge in [-0.1, -0.05) is 6.07 Å². The van der Waals surface area contributed by atoms with E-state index in [0.29, 0.717) is 29.8 Å². The SMILES string of the molecule is COc1ccc(CCC(=O)N2CC(C3CCOC3)C2)cc1OC. The van der Waals surface area contributed by atoms with Gasteiger partial charge in [-0.05, 0) is 42.4 Å². The smallest absolute Gasteiger partial charge is 0.222 e. The fourth-order valence-electron chi connectivity index (χ4n) is 3.38. The first kappa shape index (κ1) is 16.1. The molecule has 1 aromatic rings. The zero-order chi connectivity index (χ0) is 16.2. The highest BCUT2D eigenvalue weighted by atomic mass is 16.5. The number of nitrogens with zero attached hydrogens (tertiary/aromatic N) is 1. The molecule has 0 aromatic heterocycles. The fourth-order valence-corrected chi connectivity index (χ4v) is 3.38. The third kappa shape index (κ3) is 3.61. The third-order valence-corrected chi connectivity index (χ3v) is 4.97. The number of likely N-dealkylation sites (tertiary alicyclic amines) is 1. The maximum atomic E-state index is 12.3. The summed E-state index contributed by atoms with van der Waals surface area (Å²) in [6, 6.07) is 5.82. The van der Waals surface area contributed by atoms with Crippen molar-refractivity contribution in [2.45, 2.75) is 19.3 Å². The minimum Gasteiger partial charge on any atom is -0.493 e. The van der Waals surface area contributed by atoms with Crippen LogP contribution < -0.4 is 9.47 Å². The van der Waals surface area contributed by atoms with Crippen LogP contribution in [0.15, 0.2) is 18.2 Å². The van der Waals surface area contributed by atoms with Gasteiger partial charge in [0.15, 0.2) is 11.5 Å². The average molecular weight is 319 g/mol. The molecule has 2 aliphatic rings. The predicted octanol–water partition coefficient (Wildman–Crippen LogP) is 2.13. The normalized spacial score (nSPS) is 21.1. The van der Waals surface area contributed by atoms with E-state index in [4.69, 9.17) is 14.2 Å². The average Bonchev–Trinajstić information content (AvgIpc) is 3.05. The quantitative estimate of drug-likeness (QED) is 0.806. The summed E-state index contributed by atoms with van der Waals surface area (Å²) >= 11 is 0. The Kier molecular flexibility index (Phi) is 5.06. The molecule has 1 aromatic carbocycles. The molecule has 2 heterocycles. The molecule has 23 heavy (non-hydrogen) atoms. The summed E-state index contributed by atoms with van der Waals surface area (Å²) in [6.07, 6.45) is 2.43. The Morgan fingerprint density at radius 3 is 2.65 bits per heavy atom. The number of hydrogen-bond donors (Lipinski definition) is 0. The van der Waals surface area contributed by atoms with Crippen LogP contribution in [0, 0.1) is 11.8 Å². The van der Waals surface area contributed by atoms with Crippen molar-refractivity contribution in [2.75, 3.05) is 40.5 Å². The van der Waals surface area contributed by atoms with Gasteiger partial charge in [-0.3, -0.25) is 4.79 Å². The lowest BCUT2D eigenvalue weighted by atomic mass is 9.85. The van der Waals surface area contributed by atoms with Gasteiger partial charge in [-0.15, -0.1) is 0 Å². The number of amides is 1. The second kappa shape index (κ2) is 7.21. The molecule has 0 aliphatic carbocycles. The molecule has 2 fully saturated rings. The van der Waals surface area contributed by atoms with Crippen molar-refractivity contribution < 1.29 is 19.0 Å². The molecule has 126 valence electrons. The van der Waals surface area contributed by atoms with Crippen molar-refractivity contribution in [3.8, 4) is 11.5 Å². The van der Waals surface area contributed by atoms with Gasteiger partial charge in [0.25, 0.3) is 0 Å². The van der Waals surface area contributed by atoms with Crippen LogP contribution in [0.25, 0.3) is 0 Å². The monoisotopic (exact) mass is 319 g/mol. The summed E-state index contributed by atoms with van der Waals surface area (Å²) in [4.78, 5) is 14.3. The van der Waals surface area contributed by atoms with Gasteiger partial charge in [0, 0.05) is 32.7 Å². The molecule has 2 aliphatic heterocycles. The van der Waals surface area contributed by atoms with Crippen molar-refractivity contribution in [1.82, 2.24) is 4.90 Å². The topological polar surface area (TPSA) is 48.0 Å². The van der Waals surface area contributed by atoms with Gasteiger partial charge in [-0.2, -0.15) is 0 Å². The summed E-state index contributed by atoms with van der Waals surface area (Å²) in [5.74, 6) is 2.97. The van der Waals surface area contributed by atoms with Crippen LogP contribution in [0.3, 0.4) is 0 Å². The number of methoxy groups -OCH3 is 2. The molecular weight excluding hydrogens is 294 g/mol. The number of benzene rings is 1. The van der Waals surface area contributed by atoms with Gasteiger partial charge >= 0.3 is 0 Å².